The molecule has 0 atom stereocenters. The van der Waals surface area contributed by atoms with Gasteiger partial charge in [-0.2, -0.15) is 0 Å². The average molecular weight is 313 g/mol. The van der Waals surface area contributed by atoms with Crippen LogP contribution >= 0.6 is 0 Å². The maximum absolute atomic E-state index is 12.3. The summed E-state index contributed by atoms with van der Waals surface area (Å²) in [7, 11) is 2.77. The summed E-state index contributed by atoms with van der Waals surface area (Å²) in [5.41, 5.74) is 0.177. The van der Waals surface area contributed by atoms with Gasteiger partial charge in [0.25, 0.3) is 0 Å². The largest absolute Gasteiger partial charge is 0.508 e. The molecule has 1 heterocycles. The van der Waals surface area contributed by atoms with Crippen LogP contribution in [0.2, 0.25) is 0 Å². The number of phenols is 2. The zero-order chi connectivity index (χ0) is 16.6. The molecule has 6 nitrogen and oxygen atoms in total. The molecule has 23 heavy (non-hydrogen) atoms. The fraction of sp³-hybridized carbons (Fsp3) is 0.118. The first-order chi connectivity index (χ1) is 11.0. The van der Waals surface area contributed by atoms with Gasteiger partial charge in [-0.15, -0.1) is 0 Å². The second-order valence-corrected chi connectivity index (χ2v) is 4.77. The van der Waals surface area contributed by atoms with Crippen LogP contribution in [0, 0.1) is 6.07 Å². The van der Waals surface area contributed by atoms with Crippen molar-refractivity contribution in [2.75, 3.05) is 14.2 Å². The van der Waals surface area contributed by atoms with Crippen LogP contribution in [-0.2, 0) is 0 Å². The van der Waals surface area contributed by atoms with Gasteiger partial charge < -0.3 is 24.1 Å². The van der Waals surface area contributed by atoms with E-state index in [1.165, 1.54) is 32.4 Å². The first kappa shape index (κ1) is 14.8. The van der Waals surface area contributed by atoms with Crippen molar-refractivity contribution < 1.29 is 24.1 Å². The van der Waals surface area contributed by atoms with E-state index in [2.05, 4.69) is 6.07 Å². The summed E-state index contributed by atoms with van der Waals surface area (Å²) in [6.07, 6.45) is 0. The Morgan fingerprint density at radius 3 is 2.39 bits per heavy atom. The fourth-order valence-electron chi connectivity index (χ4n) is 2.30. The molecule has 0 saturated carbocycles. The monoisotopic (exact) mass is 313 g/mol. The molecule has 3 rings (SSSR count). The SMILES string of the molecule is COc1cc2oc(-c3ccc(O)cc3)[c]c(=O)c2c(O)c1OC. The third-order valence-corrected chi connectivity index (χ3v) is 3.40. The first-order valence-electron chi connectivity index (χ1n) is 6.68. The van der Waals surface area contributed by atoms with Gasteiger partial charge in [-0.3, -0.25) is 4.79 Å². The molecule has 0 saturated heterocycles. The Hall–Kier alpha value is -3.15. The Morgan fingerprint density at radius 2 is 1.78 bits per heavy atom. The average Bonchev–Trinajstić information content (AvgIpc) is 2.54. The van der Waals surface area contributed by atoms with Crippen LogP contribution in [0.5, 0.6) is 23.0 Å². The molecule has 1 radical (unpaired) electrons. The van der Waals surface area contributed by atoms with Gasteiger partial charge in [0.1, 0.15) is 22.5 Å². The molecule has 0 fully saturated rings. The lowest BCUT2D eigenvalue weighted by Crippen LogP contribution is -2.03. The molecule has 0 bridgehead atoms. The minimum absolute atomic E-state index is 0.0369. The van der Waals surface area contributed by atoms with E-state index >= 15 is 0 Å². The van der Waals surface area contributed by atoms with Gasteiger partial charge >= 0.3 is 0 Å². The van der Waals surface area contributed by atoms with Crippen molar-refractivity contribution in [2.24, 2.45) is 0 Å². The summed E-state index contributed by atoms with van der Waals surface area (Å²) in [6.45, 7) is 0. The van der Waals surface area contributed by atoms with Crippen molar-refractivity contribution in [2.45, 2.75) is 0 Å². The van der Waals surface area contributed by atoms with Crippen molar-refractivity contribution in [3.05, 3.63) is 46.6 Å². The van der Waals surface area contributed by atoms with E-state index in [4.69, 9.17) is 13.9 Å². The number of hydrogen-bond acceptors (Lipinski definition) is 6. The number of methoxy groups -OCH3 is 2. The highest BCUT2D eigenvalue weighted by Crippen LogP contribution is 2.41. The van der Waals surface area contributed by atoms with Crippen LogP contribution < -0.4 is 14.9 Å². The minimum atomic E-state index is -0.534. The highest BCUT2D eigenvalue weighted by Gasteiger charge is 2.19. The van der Waals surface area contributed by atoms with Crippen molar-refractivity contribution in [1.82, 2.24) is 0 Å². The predicted molar refractivity (Wildman–Crippen MR) is 83.2 cm³/mol. The van der Waals surface area contributed by atoms with E-state index in [0.29, 0.717) is 5.56 Å². The molecule has 117 valence electrons. The van der Waals surface area contributed by atoms with E-state index in [1.807, 2.05) is 0 Å². The first-order valence-corrected chi connectivity index (χ1v) is 6.68. The Bertz CT molecular complexity index is 924. The summed E-state index contributed by atoms with van der Waals surface area (Å²) < 4.78 is 15.9. The number of benzene rings is 2. The summed E-state index contributed by atoms with van der Waals surface area (Å²) in [4.78, 5) is 12.3. The molecular formula is C17H13O6. The fourth-order valence-corrected chi connectivity index (χ4v) is 2.30. The number of phenolic OH excluding ortho intramolecular Hbond substituents is 2. The van der Waals surface area contributed by atoms with E-state index in [1.54, 1.807) is 12.1 Å². The number of hydrogen-bond donors (Lipinski definition) is 2. The molecule has 2 N–H and O–H groups in total. The Balaban J connectivity index is 2.30. The molecule has 2 aromatic carbocycles. The quantitative estimate of drug-likeness (QED) is 0.773. The van der Waals surface area contributed by atoms with Crippen LogP contribution in [0.4, 0.5) is 0 Å². The molecule has 0 unspecified atom stereocenters. The number of rotatable bonds is 3. The van der Waals surface area contributed by atoms with E-state index < -0.39 is 5.43 Å². The summed E-state index contributed by atoms with van der Waals surface area (Å²) in [5.74, 6) is 0.223. The van der Waals surface area contributed by atoms with Crippen LogP contribution in [0.3, 0.4) is 0 Å². The number of ether oxygens (including phenoxy) is 2. The highest BCUT2D eigenvalue weighted by atomic mass is 16.5. The van der Waals surface area contributed by atoms with Crippen LogP contribution in [0.25, 0.3) is 22.3 Å². The third-order valence-electron chi connectivity index (χ3n) is 3.40. The number of fused-ring (bicyclic) bond motifs is 1. The van der Waals surface area contributed by atoms with Gasteiger partial charge in [0.2, 0.25) is 11.2 Å². The molecule has 3 aromatic rings. The van der Waals surface area contributed by atoms with Crippen LogP contribution in [0.15, 0.2) is 39.5 Å². The second-order valence-electron chi connectivity index (χ2n) is 4.77. The zero-order valence-corrected chi connectivity index (χ0v) is 12.4. The van der Waals surface area contributed by atoms with Crippen LogP contribution in [0.1, 0.15) is 0 Å². The van der Waals surface area contributed by atoms with Gasteiger partial charge in [0.15, 0.2) is 11.5 Å². The molecule has 0 aliphatic heterocycles. The van der Waals surface area contributed by atoms with E-state index in [9.17, 15) is 15.0 Å². The van der Waals surface area contributed by atoms with E-state index in [0.717, 1.165) is 0 Å². The summed E-state index contributed by atoms with van der Waals surface area (Å²) >= 11 is 0. The van der Waals surface area contributed by atoms with Crippen molar-refractivity contribution >= 4 is 11.0 Å². The molecular weight excluding hydrogens is 300 g/mol. The van der Waals surface area contributed by atoms with Gasteiger partial charge in [0, 0.05) is 11.6 Å². The Kier molecular flexibility index (Phi) is 3.57. The lowest BCUT2D eigenvalue weighted by molar-refractivity contribution is 0.334. The van der Waals surface area contributed by atoms with Gasteiger partial charge in [-0.1, -0.05) is 0 Å². The molecule has 1 aromatic heterocycles. The van der Waals surface area contributed by atoms with E-state index in [-0.39, 0.29) is 39.7 Å². The molecule has 0 amide bonds. The van der Waals surface area contributed by atoms with Crippen molar-refractivity contribution in [3.8, 4) is 34.3 Å². The Labute approximate surface area is 131 Å². The van der Waals surface area contributed by atoms with Gasteiger partial charge in [0.05, 0.1) is 20.3 Å². The standard InChI is InChI=1S/C17H13O6/c1-21-14-8-13-15(16(20)17(14)22-2)11(19)7-12(23-13)9-3-5-10(18)6-4-9/h3-6,8,18,20H,1-2H3. The molecule has 0 spiro atoms. The maximum atomic E-state index is 12.3. The topological polar surface area (TPSA) is 89.1 Å². The lowest BCUT2D eigenvalue weighted by atomic mass is 10.1. The predicted octanol–water partition coefficient (Wildman–Crippen LogP) is 2.69. The van der Waals surface area contributed by atoms with Gasteiger partial charge in [-0.05, 0) is 24.3 Å². The third kappa shape index (κ3) is 2.44. The normalized spacial score (nSPS) is 10.7. The molecule has 0 aliphatic rings. The van der Waals surface area contributed by atoms with Gasteiger partial charge in [-0.25, -0.2) is 0 Å². The Morgan fingerprint density at radius 1 is 1.09 bits per heavy atom. The summed E-state index contributed by atoms with van der Waals surface area (Å²) in [5, 5.41) is 19.5. The second kappa shape index (κ2) is 5.57. The maximum Gasteiger partial charge on any atom is 0.205 e. The lowest BCUT2D eigenvalue weighted by Gasteiger charge is -2.11. The van der Waals surface area contributed by atoms with Crippen molar-refractivity contribution in [1.29, 1.82) is 0 Å². The highest BCUT2D eigenvalue weighted by molar-refractivity contribution is 5.89. The van der Waals surface area contributed by atoms with Crippen molar-refractivity contribution in [3.63, 3.8) is 0 Å². The smallest absolute Gasteiger partial charge is 0.205 e. The minimum Gasteiger partial charge on any atom is -0.508 e. The number of aromatic hydroxyl groups is 2. The zero-order valence-electron chi connectivity index (χ0n) is 12.4. The van der Waals surface area contributed by atoms with Crippen LogP contribution in [-0.4, -0.2) is 24.4 Å². The molecule has 6 heteroatoms. The molecule has 0 aliphatic carbocycles. The summed E-state index contributed by atoms with van der Waals surface area (Å²) in [6, 6.07) is 10.2.